The van der Waals surface area contributed by atoms with Crippen LogP contribution in [0.5, 0.6) is 0 Å². The maximum Gasteiger partial charge on any atom is 0.128 e. The van der Waals surface area contributed by atoms with E-state index in [0.717, 1.165) is 0 Å². The van der Waals surface area contributed by atoms with E-state index in [1.165, 1.54) is 13.1 Å². The molecule has 0 aliphatic heterocycles. The van der Waals surface area contributed by atoms with Gasteiger partial charge in [-0.05, 0) is 13.8 Å². The minimum absolute atomic E-state index is 0.176. The molecule has 0 heterocycles. The van der Waals surface area contributed by atoms with Crippen molar-refractivity contribution in [2.24, 2.45) is 10.7 Å². The predicted molar refractivity (Wildman–Crippen MR) is 41.3 cm³/mol. The maximum atomic E-state index is 12.4. The number of halogens is 1. The summed E-state index contributed by atoms with van der Waals surface area (Å²) in [6, 6.07) is 0. The molecule has 56 valence electrons. The van der Waals surface area contributed by atoms with Crippen LogP contribution < -0.4 is 5.73 Å². The zero-order valence-corrected chi connectivity index (χ0v) is 6.19. The Hall–Kier alpha value is -1.12. The van der Waals surface area contributed by atoms with Crippen LogP contribution in [0.1, 0.15) is 13.8 Å². The number of hydrogen-bond acceptors (Lipinski definition) is 1. The third-order valence-corrected chi connectivity index (χ3v) is 1.13. The molecular weight excluding hydrogens is 131 g/mol. The van der Waals surface area contributed by atoms with Crippen molar-refractivity contribution in [3.05, 3.63) is 24.2 Å². The van der Waals surface area contributed by atoms with Crippen molar-refractivity contribution in [2.45, 2.75) is 13.8 Å². The van der Waals surface area contributed by atoms with Crippen molar-refractivity contribution in [3.63, 3.8) is 0 Å². The minimum Gasteiger partial charge on any atom is -0.383 e. The lowest BCUT2D eigenvalue weighted by molar-refractivity contribution is 0.633. The largest absolute Gasteiger partial charge is 0.383 e. The second-order valence-electron chi connectivity index (χ2n) is 1.86. The molecule has 2 nitrogen and oxygen atoms in total. The lowest BCUT2D eigenvalue weighted by atomic mass is 10.2. The van der Waals surface area contributed by atoms with Gasteiger partial charge in [0, 0.05) is 11.8 Å². The number of nitrogens with zero attached hydrogens (tertiary/aromatic N) is 1. The Morgan fingerprint density at radius 3 is 2.40 bits per heavy atom. The highest BCUT2D eigenvalue weighted by molar-refractivity contribution is 5.97. The van der Waals surface area contributed by atoms with E-state index in [-0.39, 0.29) is 11.7 Å². The standard InChI is InChI=1S/C7H11FN2/c1-4-10-7(9)5(2)6(3)8/h4H,1H2,2-3H3,(H2,9,10)/b6-5+. The van der Waals surface area contributed by atoms with Crippen LogP contribution in [0.3, 0.4) is 0 Å². The molecule has 0 aliphatic rings. The number of nitrogens with two attached hydrogens (primary N) is 1. The second kappa shape index (κ2) is 3.82. The highest BCUT2D eigenvalue weighted by Crippen LogP contribution is 2.03. The number of allylic oxidation sites excluding steroid dienone is 1. The van der Waals surface area contributed by atoms with E-state index in [0.29, 0.717) is 5.57 Å². The molecule has 2 N–H and O–H groups in total. The van der Waals surface area contributed by atoms with Crippen LogP contribution in [0, 0.1) is 0 Å². The van der Waals surface area contributed by atoms with Gasteiger partial charge in [-0.15, -0.1) is 0 Å². The molecule has 0 saturated heterocycles. The molecule has 0 amide bonds. The maximum absolute atomic E-state index is 12.4. The fourth-order valence-electron chi connectivity index (χ4n) is 0.372. The lowest BCUT2D eigenvalue weighted by Crippen LogP contribution is -2.12. The Morgan fingerprint density at radius 2 is 2.10 bits per heavy atom. The van der Waals surface area contributed by atoms with Crippen LogP contribution >= 0.6 is 0 Å². The second-order valence-corrected chi connectivity index (χ2v) is 1.86. The van der Waals surface area contributed by atoms with E-state index >= 15 is 0 Å². The van der Waals surface area contributed by atoms with E-state index < -0.39 is 0 Å². The summed E-state index contributed by atoms with van der Waals surface area (Å²) in [6.45, 7) is 6.23. The summed E-state index contributed by atoms with van der Waals surface area (Å²) in [4.78, 5) is 3.61. The third-order valence-electron chi connectivity index (χ3n) is 1.13. The van der Waals surface area contributed by atoms with Gasteiger partial charge in [-0.3, -0.25) is 0 Å². The van der Waals surface area contributed by atoms with Crippen molar-refractivity contribution in [1.29, 1.82) is 0 Å². The van der Waals surface area contributed by atoms with Crippen molar-refractivity contribution in [3.8, 4) is 0 Å². The van der Waals surface area contributed by atoms with Gasteiger partial charge in [0.25, 0.3) is 0 Å². The molecule has 0 saturated carbocycles. The summed E-state index contributed by atoms with van der Waals surface area (Å²) in [7, 11) is 0. The van der Waals surface area contributed by atoms with E-state index in [1.807, 2.05) is 0 Å². The number of rotatable bonds is 2. The normalized spacial score (nSPS) is 14.5. The Labute approximate surface area is 60.0 Å². The van der Waals surface area contributed by atoms with Gasteiger partial charge in [0.2, 0.25) is 0 Å². The first-order valence-electron chi connectivity index (χ1n) is 2.87. The van der Waals surface area contributed by atoms with Crippen molar-refractivity contribution in [2.75, 3.05) is 0 Å². The van der Waals surface area contributed by atoms with Crippen LogP contribution in [0.2, 0.25) is 0 Å². The van der Waals surface area contributed by atoms with Gasteiger partial charge in [0.15, 0.2) is 0 Å². The Balaban J connectivity index is 4.51. The van der Waals surface area contributed by atoms with E-state index in [1.54, 1.807) is 6.92 Å². The SMILES string of the molecule is C=CN=C(N)/C(C)=C(\C)F. The quantitative estimate of drug-likeness (QED) is 0.463. The average molecular weight is 142 g/mol. The van der Waals surface area contributed by atoms with Gasteiger partial charge in [-0.2, -0.15) is 0 Å². The molecule has 0 spiro atoms. The fraction of sp³-hybridized carbons (Fsp3) is 0.286. The zero-order valence-electron chi connectivity index (χ0n) is 6.19. The molecule has 0 unspecified atom stereocenters. The monoisotopic (exact) mass is 142 g/mol. The van der Waals surface area contributed by atoms with Crippen molar-refractivity contribution >= 4 is 5.84 Å². The molecule has 0 aromatic heterocycles. The van der Waals surface area contributed by atoms with Gasteiger partial charge in [-0.1, -0.05) is 6.58 Å². The summed E-state index contributed by atoms with van der Waals surface area (Å²) in [5.41, 5.74) is 5.67. The molecule has 3 heteroatoms. The summed E-state index contributed by atoms with van der Waals surface area (Å²) < 4.78 is 12.4. The van der Waals surface area contributed by atoms with E-state index in [2.05, 4.69) is 11.6 Å². The van der Waals surface area contributed by atoms with E-state index in [9.17, 15) is 4.39 Å². The zero-order chi connectivity index (χ0) is 8.15. The van der Waals surface area contributed by atoms with Gasteiger partial charge >= 0.3 is 0 Å². The average Bonchev–Trinajstić information content (AvgIpc) is 1.87. The van der Waals surface area contributed by atoms with Crippen molar-refractivity contribution in [1.82, 2.24) is 0 Å². The third kappa shape index (κ3) is 2.44. The summed E-state index contributed by atoms with van der Waals surface area (Å²) >= 11 is 0. The topological polar surface area (TPSA) is 38.4 Å². The number of hydrogen-bond donors (Lipinski definition) is 1. The first-order chi connectivity index (χ1) is 4.59. The van der Waals surface area contributed by atoms with Crippen LogP contribution in [0.25, 0.3) is 0 Å². The summed E-state index contributed by atoms with van der Waals surface area (Å²) in [6.07, 6.45) is 1.28. The van der Waals surface area contributed by atoms with Crippen LogP contribution in [-0.4, -0.2) is 5.84 Å². The summed E-state index contributed by atoms with van der Waals surface area (Å²) in [5.74, 6) is -0.141. The molecule has 0 rings (SSSR count). The molecule has 0 fully saturated rings. The highest BCUT2D eigenvalue weighted by Gasteiger charge is 1.98. The minimum atomic E-state index is -0.317. The molecule has 0 radical (unpaired) electrons. The first kappa shape index (κ1) is 8.88. The number of amidine groups is 1. The Morgan fingerprint density at radius 1 is 1.60 bits per heavy atom. The molecule has 0 aromatic rings. The van der Waals surface area contributed by atoms with Gasteiger partial charge in [0.1, 0.15) is 11.7 Å². The molecule has 0 aromatic carbocycles. The predicted octanol–water partition coefficient (Wildman–Crippen LogP) is 1.75. The van der Waals surface area contributed by atoms with Gasteiger partial charge in [0.05, 0.1) is 0 Å². The first-order valence-corrected chi connectivity index (χ1v) is 2.87. The smallest absolute Gasteiger partial charge is 0.128 e. The Bertz CT molecular complexity index is 188. The van der Waals surface area contributed by atoms with Crippen molar-refractivity contribution < 1.29 is 4.39 Å². The van der Waals surface area contributed by atoms with Crippen LogP contribution in [0.4, 0.5) is 4.39 Å². The molecular formula is C7H11FN2. The molecule has 10 heavy (non-hydrogen) atoms. The molecule has 0 aliphatic carbocycles. The highest BCUT2D eigenvalue weighted by atomic mass is 19.1. The van der Waals surface area contributed by atoms with Crippen LogP contribution in [0.15, 0.2) is 29.2 Å². The lowest BCUT2D eigenvalue weighted by Gasteiger charge is -1.97. The van der Waals surface area contributed by atoms with Gasteiger partial charge in [-0.25, -0.2) is 9.38 Å². The van der Waals surface area contributed by atoms with Gasteiger partial charge < -0.3 is 5.73 Å². The van der Waals surface area contributed by atoms with E-state index in [4.69, 9.17) is 5.73 Å². The summed E-state index contributed by atoms with van der Waals surface area (Å²) in [5, 5.41) is 0. The number of aliphatic imine (C=N–C) groups is 1. The van der Waals surface area contributed by atoms with Crippen LogP contribution in [-0.2, 0) is 0 Å². The Kier molecular flexibility index (Phi) is 3.39. The fourth-order valence-corrected chi connectivity index (χ4v) is 0.372. The molecule has 0 bridgehead atoms. The molecule has 0 atom stereocenters.